The summed E-state index contributed by atoms with van der Waals surface area (Å²) in [4.78, 5) is 12.4. The second-order valence-corrected chi connectivity index (χ2v) is 11.1. The molecule has 1 nitrogen and oxygen atoms in total. The van der Waals surface area contributed by atoms with Gasteiger partial charge in [-0.3, -0.25) is 4.79 Å². The molecule has 0 spiro atoms. The van der Waals surface area contributed by atoms with Crippen molar-refractivity contribution in [3.63, 3.8) is 0 Å². The van der Waals surface area contributed by atoms with Crippen molar-refractivity contribution in [1.29, 1.82) is 0 Å². The Hall–Kier alpha value is 0.0200. The lowest BCUT2D eigenvalue weighted by molar-refractivity contribution is -0.120. The zero-order chi connectivity index (χ0) is 13.2. The average Bonchev–Trinajstić information content (AvgIpc) is 1.98. The number of carbonyl (C=O) groups is 1. The molecular weight excluding hydrogens is 216 g/mol. The summed E-state index contributed by atoms with van der Waals surface area (Å²) in [5, 5.41) is 0.462. The first-order valence-corrected chi connectivity index (χ1v) is 9.01. The van der Waals surface area contributed by atoms with E-state index in [1.807, 2.05) is 0 Å². The van der Waals surface area contributed by atoms with Crippen LogP contribution in [0.25, 0.3) is 0 Å². The van der Waals surface area contributed by atoms with Gasteiger partial charge < -0.3 is 0 Å². The van der Waals surface area contributed by atoms with Crippen LogP contribution in [0.1, 0.15) is 53.9 Å². The molecule has 0 aromatic rings. The van der Waals surface area contributed by atoms with Crippen molar-refractivity contribution >= 4 is 15.1 Å². The van der Waals surface area contributed by atoms with Crippen molar-refractivity contribution in [3.8, 4) is 0 Å². The number of hydrogen-bond acceptors (Lipinski definition) is 1. The third kappa shape index (κ3) is 4.90. The zero-order valence-corrected chi connectivity index (χ0v) is 13.3. The average molecular weight is 246 g/mol. The van der Waals surface area contributed by atoms with E-state index < -0.39 is 10.0 Å². The van der Waals surface area contributed by atoms with Gasteiger partial charge >= 0.3 is 0 Å². The van der Waals surface area contributed by atoms with Crippen molar-refractivity contribution in [3.05, 3.63) is 0 Å². The zero-order valence-electron chi connectivity index (χ0n) is 12.4. The third-order valence-electron chi connectivity index (χ3n) is 2.96. The standard InChI is InChI=1S/C14H30OS/c1-9-10-13(2,3)11-14(4,5)12(15)16(6,7)8/h9-11H2,1-8H3. The van der Waals surface area contributed by atoms with Crippen LogP contribution in [-0.4, -0.2) is 23.9 Å². The molecule has 0 aliphatic rings. The molecule has 0 fully saturated rings. The Morgan fingerprint density at radius 2 is 1.50 bits per heavy atom. The molecule has 0 unspecified atom stereocenters. The quantitative estimate of drug-likeness (QED) is 0.700. The minimum Gasteiger partial charge on any atom is -0.288 e. The highest BCUT2D eigenvalue weighted by molar-refractivity contribution is 8.43. The fourth-order valence-corrected chi connectivity index (χ4v) is 4.59. The van der Waals surface area contributed by atoms with E-state index in [4.69, 9.17) is 0 Å². The molecule has 0 aliphatic heterocycles. The Kier molecular flexibility index (Phi) is 5.12. The van der Waals surface area contributed by atoms with E-state index in [-0.39, 0.29) is 10.8 Å². The maximum absolute atomic E-state index is 12.4. The van der Waals surface area contributed by atoms with E-state index in [9.17, 15) is 4.79 Å². The van der Waals surface area contributed by atoms with Crippen LogP contribution in [0.15, 0.2) is 0 Å². The van der Waals surface area contributed by atoms with Crippen LogP contribution in [0.4, 0.5) is 0 Å². The minimum absolute atomic E-state index is 0.174. The maximum Gasteiger partial charge on any atom is 0.176 e. The maximum atomic E-state index is 12.4. The molecule has 98 valence electrons. The summed E-state index contributed by atoms with van der Waals surface area (Å²) in [6.45, 7) is 11.0. The molecule has 0 rings (SSSR count). The summed E-state index contributed by atoms with van der Waals surface area (Å²) in [5.41, 5.74) is 0.102. The van der Waals surface area contributed by atoms with E-state index >= 15 is 0 Å². The normalized spacial score (nSPS) is 15.0. The second kappa shape index (κ2) is 5.12. The minimum atomic E-state index is -1.09. The van der Waals surface area contributed by atoms with Crippen LogP contribution in [0.3, 0.4) is 0 Å². The summed E-state index contributed by atoms with van der Waals surface area (Å²) < 4.78 is 0. The highest BCUT2D eigenvalue weighted by atomic mass is 32.3. The Bertz CT molecular complexity index is 246. The first-order chi connectivity index (χ1) is 6.92. The van der Waals surface area contributed by atoms with E-state index in [0.29, 0.717) is 5.12 Å². The molecule has 16 heavy (non-hydrogen) atoms. The monoisotopic (exact) mass is 246 g/mol. The van der Waals surface area contributed by atoms with Crippen LogP contribution in [0, 0.1) is 10.8 Å². The SMILES string of the molecule is CCCC(C)(C)CC(C)(C)C(=O)S(C)(C)C. The third-order valence-corrected chi connectivity index (χ3v) is 4.62. The fourth-order valence-electron chi connectivity index (χ4n) is 2.86. The van der Waals surface area contributed by atoms with Crippen LogP contribution < -0.4 is 0 Å². The van der Waals surface area contributed by atoms with Gasteiger partial charge in [-0.05, 0) is 37.0 Å². The fraction of sp³-hybridized carbons (Fsp3) is 0.929. The van der Waals surface area contributed by atoms with Gasteiger partial charge in [0.1, 0.15) is 0 Å². The van der Waals surface area contributed by atoms with E-state index in [0.717, 1.165) is 6.42 Å². The van der Waals surface area contributed by atoms with Crippen LogP contribution in [0.2, 0.25) is 0 Å². The van der Waals surface area contributed by atoms with Crippen molar-refractivity contribution in [1.82, 2.24) is 0 Å². The second-order valence-electron chi connectivity index (χ2n) is 7.10. The van der Waals surface area contributed by atoms with E-state index in [1.54, 1.807) is 0 Å². The first kappa shape index (κ1) is 16.0. The topological polar surface area (TPSA) is 17.1 Å². The number of carbonyl (C=O) groups excluding carboxylic acids is 1. The molecule has 0 saturated heterocycles. The Morgan fingerprint density at radius 1 is 1.06 bits per heavy atom. The van der Waals surface area contributed by atoms with Gasteiger partial charge in [0.2, 0.25) is 0 Å². The predicted molar refractivity (Wildman–Crippen MR) is 77.5 cm³/mol. The van der Waals surface area contributed by atoms with Crippen molar-refractivity contribution in [2.75, 3.05) is 18.8 Å². The van der Waals surface area contributed by atoms with E-state index in [1.165, 1.54) is 12.8 Å². The molecule has 0 heterocycles. The van der Waals surface area contributed by atoms with E-state index in [2.05, 4.69) is 53.4 Å². The molecule has 0 saturated carbocycles. The Labute approximate surface area is 104 Å². The van der Waals surface area contributed by atoms with Crippen molar-refractivity contribution < 1.29 is 4.79 Å². The lowest BCUT2D eigenvalue weighted by atomic mass is 9.73. The van der Waals surface area contributed by atoms with Gasteiger partial charge in [0, 0.05) is 5.41 Å². The summed E-state index contributed by atoms with van der Waals surface area (Å²) in [5.74, 6) is 0. The largest absolute Gasteiger partial charge is 0.288 e. The molecule has 0 aliphatic carbocycles. The van der Waals surface area contributed by atoms with Gasteiger partial charge in [-0.2, -0.15) is 10.0 Å². The smallest absolute Gasteiger partial charge is 0.176 e. The van der Waals surface area contributed by atoms with Crippen molar-refractivity contribution in [2.45, 2.75) is 53.9 Å². The summed E-state index contributed by atoms with van der Waals surface area (Å²) in [7, 11) is -1.09. The Morgan fingerprint density at radius 3 is 1.81 bits per heavy atom. The van der Waals surface area contributed by atoms with Gasteiger partial charge in [0.15, 0.2) is 5.12 Å². The molecule has 0 bridgehead atoms. The molecule has 0 aromatic carbocycles. The Balaban J connectivity index is 4.76. The number of hydrogen-bond donors (Lipinski definition) is 0. The van der Waals surface area contributed by atoms with Crippen LogP contribution in [-0.2, 0) is 4.79 Å². The summed E-state index contributed by atoms with van der Waals surface area (Å²) in [6, 6.07) is 0. The summed E-state index contributed by atoms with van der Waals surface area (Å²) in [6.07, 6.45) is 9.69. The first-order valence-electron chi connectivity index (χ1n) is 6.15. The van der Waals surface area contributed by atoms with Gasteiger partial charge in [-0.25, -0.2) is 0 Å². The molecule has 0 radical (unpaired) electrons. The van der Waals surface area contributed by atoms with Gasteiger partial charge in [-0.15, -0.1) is 0 Å². The van der Waals surface area contributed by atoms with Gasteiger partial charge in [-0.1, -0.05) is 41.0 Å². The van der Waals surface area contributed by atoms with Crippen LogP contribution >= 0.6 is 10.0 Å². The molecular formula is C14H30OS. The number of rotatable bonds is 5. The lowest BCUT2D eigenvalue weighted by Crippen LogP contribution is -2.33. The molecule has 0 atom stereocenters. The summed E-state index contributed by atoms with van der Waals surface area (Å²) >= 11 is 0. The highest BCUT2D eigenvalue weighted by Gasteiger charge is 2.37. The van der Waals surface area contributed by atoms with Crippen molar-refractivity contribution in [2.24, 2.45) is 10.8 Å². The molecule has 0 amide bonds. The molecule has 0 aromatic heterocycles. The van der Waals surface area contributed by atoms with Gasteiger partial charge in [0.05, 0.1) is 0 Å². The lowest BCUT2D eigenvalue weighted by Gasteiger charge is -2.39. The van der Waals surface area contributed by atoms with Gasteiger partial charge in [0.25, 0.3) is 0 Å². The molecule has 0 N–H and O–H groups in total. The van der Waals surface area contributed by atoms with Crippen LogP contribution in [0.5, 0.6) is 0 Å². The molecule has 2 heteroatoms. The highest BCUT2D eigenvalue weighted by Crippen LogP contribution is 2.48. The predicted octanol–water partition coefficient (Wildman–Crippen LogP) is 4.45.